The van der Waals surface area contributed by atoms with Crippen molar-refractivity contribution >= 4 is 29.8 Å². The molecular weight excluding hydrogens is 490 g/mol. The van der Waals surface area contributed by atoms with Gasteiger partial charge in [-0.1, -0.05) is 0 Å². The molecule has 0 spiro atoms. The zero-order valence-corrected chi connectivity index (χ0v) is 21.5. The Morgan fingerprint density at radius 1 is 0.432 bits per heavy atom. The summed E-state index contributed by atoms with van der Waals surface area (Å²) in [5, 5.41) is 0. The topological polar surface area (TPSA) is 141 Å². The summed E-state index contributed by atoms with van der Waals surface area (Å²) in [7, 11) is 6.17. The van der Waals surface area contributed by atoms with E-state index in [1.807, 2.05) is 0 Å². The van der Waals surface area contributed by atoms with Crippen LogP contribution < -0.4 is 0 Å². The van der Waals surface area contributed by atoms with Gasteiger partial charge >= 0.3 is 29.8 Å². The maximum Gasteiger partial charge on any atom is 0.331 e. The molecule has 13 nitrogen and oxygen atoms in total. The Hall–Kier alpha value is -4.55. The molecule has 0 aromatic carbocycles. The van der Waals surface area contributed by atoms with Crippen LogP contribution in [-0.2, 0) is 47.7 Å². The van der Waals surface area contributed by atoms with Crippen molar-refractivity contribution in [3.05, 3.63) is 61.4 Å². The van der Waals surface area contributed by atoms with Crippen LogP contribution in [0.15, 0.2) is 61.4 Å². The van der Waals surface area contributed by atoms with Gasteiger partial charge in [0.05, 0.1) is 35.5 Å². The van der Waals surface area contributed by atoms with E-state index in [1.54, 1.807) is 14.7 Å². The van der Waals surface area contributed by atoms with Crippen molar-refractivity contribution in [1.29, 1.82) is 0 Å². The highest BCUT2D eigenvalue weighted by atomic mass is 16.5. The summed E-state index contributed by atoms with van der Waals surface area (Å²) in [5.41, 5.74) is 0. The average molecular weight is 524 g/mol. The number of carbonyl (C=O) groups is 5. The Bertz CT molecular complexity index is 796. The van der Waals surface area contributed by atoms with Crippen molar-refractivity contribution in [3.8, 4) is 0 Å². The maximum atomic E-state index is 11.6. The highest BCUT2D eigenvalue weighted by molar-refractivity contribution is 5.83. The van der Waals surface area contributed by atoms with Crippen LogP contribution in [0.2, 0.25) is 0 Å². The molecule has 13 heteroatoms. The third-order valence-electron chi connectivity index (χ3n) is 4.33. The van der Waals surface area contributed by atoms with Crippen molar-refractivity contribution in [2.45, 2.75) is 0 Å². The van der Waals surface area contributed by atoms with Gasteiger partial charge in [-0.3, -0.25) is 0 Å². The molecular formula is C24H33N3O10. The third-order valence-corrected chi connectivity index (χ3v) is 4.33. The summed E-state index contributed by atoms with van der Waals surface area (Å²) in [6, 6.07) is 0. The molecule has 0 aromatic heterocycles. The second kappa shape index (κ2) is 19.7. The molecule has 0 aliphatic carbocycles. The zero-order chi connectivity index (χ0) is 28.1. The van der Waals surface area contributed by atoms with Gasteiger partial charge in [0.2, 0.25) is 0 Å². The summed E-state index contributed by atoms with van der Waals surface area (Å²) in [5.74, 6) is -2.95. The number of methoxy groups -OCH3 is 5. The van der Waals surface area contributed by atoms with E-state index in [4.69, 9.17) is 0 Å². The Balaban J connectivity index is 5.68. The fourth-order valence-corrected chi connectivity index (χ4v) is 2.28. The van der Waals surface area contributed by atoms with Gasteiger partial charge in [-0.05, 0) is 0 Å². The Labute approximate surface area is 215 Å². The monoisotopic (exact) mass is 523 g/mol. The van der Waals surface area contributed by atoms with Crippen LogP contribution in [-0.4, -0.2) is 106 Å². The highest BCUT2D eigenvalue weighted by Gasteiger charge is 2.07. The molecule has 0 saturated carbocycles. The molecule has 0 N–H and O–H groups in total. The van der Waals surface area contributed by atoms with Crippen LogP contribution in [0.3, 0.4) is 0 Å². The quantitative estimate of drug-likeness (QED) is 0.156. The molecule has 0 heterocycles. The summed E-state index contributed by atoms with van der Waals surface area (Å²) in [6.07, 6.45) is 13.1. The number of rotatable bonds is 16. The molecule has 0 bridgehead atoms. The number of esters is 5. The van der Waals surface area contributed by atoms with Gasteiger partial charge in [-0.2, -0.15) is 0 Å². The number of hydrogen-bond acceptors (Lipinski definition) is 13. The molecule has 0 unspecified atom stereocenters. The van der Waals surface area contributed by atoms with Gasteiger partial charge in [-0.25, -0.2) is 24.0 Å². The second-order valence-electron chi connectivity index (χ2n) is 6.71. The number of nitrogens with zero attached hydrogens (tertiary/aromatic N) is 3. The molecule has 204 valence electrons. The van der Waals surface area contributed by atoms with E-state index in [-0.39, 0.29) is 13.1 Å². The maximum absolute atomic E-state index is 11.6. The second-order valence-corrected chi connectivity index (χ2v) is 6.71. The Morgan fingerprint density at radius 3 is 0.919 bits per heavy atom. The van der Waals surface area contributed by atoms with Gasteiger partial charge < -0.3 is 38.4 Å². The van der Waals surface area contributed by atoms with Crippen molar-refractivity contribution < 1.29 is 47.7 Å². The zero-order valence-electron chi connectivity index (χ0n) is 21.5. The molecule has 0 radical (unpaired) electrons. The van der Waals surface area contributed by atoms with E-state index in [9.17, 15) is 24.0 Å². The van der Waals surface area contributed by atoms with Crippen molar-refractivity contribution in [1.82, 2.24) is 14.7 Å². The number of hydrogen-bond donors (Lipinski definition) is 0. The fraction of sp³-hybridized carbons (Fsp3) is 0.375. The molecule has 0 aromatic rings. The standard InChI is InChI=1S/C24H33N3O10/c1-33-20(28)6-11-25(12-7-21(29)34-2)16-18-27(15-10-24(32)37-5)19-17-26(13-8-22(30)35-3)14-9-23(31)36-4/h6-15H,16-19H2,1-5H3/b11-6+,12-7+,13-8+,14-9+,15-10+. The summed E-state index contributed by atoms with van der Waals surface area (Å²) in [6.45, 7) is 1.14. The van der Waals surface area contributed by atoms with Gasteiger partial charge in [0, 0.05) is 87.6 Å². The number of ether oxygens (including phenoxy) is 5. The van der Waals surface area contributed by atoms with Crippen LogP contribution in [0, 0.1) is 0 Å². The van der Waals surface area contributed by atoms with E-state index < -0.39 is 29.8 Å². The van der Waals surface area contributed by atoms with Gasteiger partial charge in [-0.15, -0.1) is 0 Å². The Morgan fingerprint density at radius 2 is 0.676 bits per heavy atom. The lowest BCUT2D eigenvalue weighted by Gasteiger charge is -2.26. The van der Waals surface area contributed by atoms with Gasteiger partial charge in [0.15, 0.2) is 0 Å². The smallest absolute Gasteiger partial charge is 0.331 e. The lowest BCUT2D eigenvalue weighted by atomic mass is 10.4. The van der Waals surface area contributed by atoms with Crippen LogP contribution in [0.25, 0.3) is 0 Å². The molecule has 37 heavy (non-hydrogen) atoms. The van der Waals surface area contributed by atoms with Crippen molar-refractivity contribution in [2.24, 2.45) is 0 Å². The normalized spacial score (nSPS) is 11.3. The minimum atomic E-state index is -0.593. The van der Waals surface area contributed by atoms with Crippen LogP contribution >= 0.6 is 0 Å². The van der Waals surface area contributed by atoms with Crippen LogP contribution in [0.1, 0.15) is 0 Å². The summed E-state index contributed by atoms with van der Waals surface area (Å²) < 4.78 is 23.0. The van der Waals surface area contributed by atoms with E-state index in [1.165, 1.54) is 96.9 Å². The lowest BCUT2D eigenvalue weighted by Crippen LogP contribution is -2.32. The van der Waals surface area contributed by atoms with Crippen LogP contribution in [0.5, 0.6) is 0 Å². The summed E-state index contributed by atoms with van der Waals surface area (Å²) in [4.78, 5) is 62.4. The summed E-state index contributed by atoms with van der Waals surface area (Å²) >= 11 is 0. The molecule has 0 atom stereocenters. The minimum absolute atomic E-state index is 0.266. The third kappa shape index (κ3) is 16.7. The fourth-order valence-electron chi connectivity index (χ4n) is 2.28. The molecule has 0 saturated heterocycles. The Kier molecular flexibility index (Phi) is 17.3. The first kappa shape index (κ1) is 32.5. The number of carbonyl (C=O) groups excluding carboxylic acids is 5. The molecule has 0 aliphatic rings. The van der Waals surface area contributed by atoms with Gasteiger partial charge in [0.25, 0.3) is 0 Å². The van der Waals surface area contributed by atoms with Crippen molar-refractivity contribution in [3.63, 3.8) is 0 Å². The van der Waals surface area contributed by atoms with Gasteiger partial charge in [0.1, 0.15) is 0 Å². The average Bonchev–Trinajstić information content (AvgIpc) is 2.92. The molecule has 0 rings (SSSR count). The first-order valence-corrected chi connectivity index (χ1v) is 10.7. The van der Waals surface area contributed by atoms with Crippen LogP contribution in [0.4, 0.5) is 0 Å². The largest absolute Gasteiger partial charge is 0.466 e. The first-order valence-electron chi connectivity index (χ1n) is 10.7. The molecule has 0 aliphatic heterocycles. The van der Waals surface area contributed by atoms with E-state index in [2.05, 4.69) is 23.7 Å². The molecule has 0 amide bonds. The first-order chi connectivity index (χ1) is 17.7. The van der Waals surface area contributed by atoms with E-state index in [0.717, 1.165) is 0 Å². The predicted octanol–water partition coefficient (Wildman–Crippen LogP) is 0.326. The van der Waals surface area contributed by atoms with Crippen molar-refractivity contribution in [2.75, 3.05) is 61.7 Å². The van der Waals surface area contributed by atoms with E-state index in [0.29, 0.717) is 13.1 Å². The minimum Gasteiger partial charge on any atom is -0.466 e. The predicted molar refractivity (Wildman–Crippen MR) is 131 cm³/mol. The highest BCUT2D eigenvalue weighted by Crippen LogP contribution is 2.01. The molecule has 0 fully saturated rings. The van der Waals surface area contributed by atoms with E-state index >= 15 is 0 Å². The SMILES string of the molecule is COC(=O)/C=C/N(/C=C/C(=O)OC)CCN(/C=C/C(=O)OC)CCN(/C=C/C(=O)OC)/C=C/C(=O)OC. The lowest BCUT2D eigenvalue weighted by molar-refractivity contribution is -0.135.